The summed E-state index contributed by atoms with van der Waals surface area (Å²) in [5.74, 6) is 1.02. The number of rotatable bonds is 6. The molecule has 19 heavy (non-hydrogen) atoms. The summed E-state index contributed by atoms with van der Waals surface area (Å²) in [6, 6.07) is 4.10. The van der Waals surface area contributed by atoms with E-state index in [1.54, 1.807) is 0 Å². The van der Waals surface area contributed by atoms with E-state index in [0.717, 1.165) is 25.5 Å². The van der Waals surface area contributed by atoms with Gasteiger partial charge in [0.2, 0.25) is 0 Å². The number of hydrogen-bond acceptors (Lipinski definition) is 4. The Kier molecular flexibility index (Phi) is 4.52. The molecule has 0 atom stereocenters. The average molecular weight is 259 g/mol. The second-order valence-corrected chi connectivity index (χ2v) is 4.64. The first kappa shape index (κ1) is 13.5. The number of nitrogens with one attached hydrogen (secondary N) is 1. The van der Waals surface area contributed by atoms with Crippen LogP contribution in [-0.4, -0.2) is 28.4 Å². The van der Waals surface area contributed by atoms with E-state index in [2.05, 4.69) is 40.3 Å². The minimum Gasteiger partial charge on any atom is -0.355 e. The Balaban J connectivity index is 2.11. The lowest BCUT2D eigenvalue weighted by Gasteiger charge is -2.20. The molecule has 2 aromatic heterocycles. The van der Waals surface area contributed by atoms with Gasteiger partial charge in [-0.2, -0.15) is 5.10 Å². The lowest BCUT2D eigenvalue weighted by molar-refractivity contribution is 0.719. The molecule has 0 saturated heterocycles. The Labute approximate surface area is 114 Å². The molecule has 0 radical (unpaired) electrons. The van der Waals surface area contributed by atoms with Gasteiger partial charge in [0, 0.05) is 50.7 Å². The first-order valence-corrected chi connectivity index (χ1v) is 6.54. The van der Waals surface area contributed by atoms with Crippen molar-refractivity contribution in [1.82, 2.24) is 20.1 Å². The number of pyridine rings is 1. The van der Waals surface area contributed by atoms with Crippen LogP contribution in [0.25, 0.3) is 0 Å². The lowest BCUT2D eigenvalue weighted by atomic mass is 10.2. The van der Waals surface area contributed by atoms with Gasteiger partial charge >= 0.3 is 0 Å². The molecule has 0 aliphatic carbocycles. The molecule has 2 heterocycles. The van der Waals surface area contributed by atoms with Crippen LogP contribution >= 0.6 is 0 Å². The summed E-state index contributed by atoms with van der Waals surface area (Å²) in [4.78, 5) is 6.65. The summed E-state index contributed by atoms with van der Waals surface area (Å²) in [5.41, 5.74) is 2.40. The second kappa shape index (κ2) is 6.33. The smallest absolute Gasteiger partial charge is 0.133 e. The molecule has 0 bridgehead atoms. The number of nitrogens with zero attached hydrogens (tertiary/aromatic N) is 4. The Hall–Kier alpha value is -1.88. The molecule has 0 aliphatic heterocycles. The van der Waals surface area contributed by atoms with Crippen LogP contribution in [0.3, 0.4) is 0 Å². The Bertz CT molecular complexity index is 520. The molecule has 0 spiro atoms. The number of aromatic nitrogens is 3. The van der Waals surface area contributed by atoms with Crippen LogP contribution in [0, 0.1) is 0 Å². The van der Waals surface area contributed by atoms with Gasteiger partial charge in [0.25, 0.3) is 0 Å². The molecule has 0 amide bonds. The minimum atomic E-state index is 0.810. The van der Waals surface area contributed by atoms with Gasteiger partial charge in [0.15, 0.2) is 0 Å². The normalized spacial score (nSPS) is 10.7. The zero-order valence-corrected chi connectivity index (χ0v) is 11.8. The van der Waals surface area contributed by atoms with Gasteiger partial charge in [-0.3, -0.25) is 4.68 Å². The van der Waals surface area contributed by atoms with Gasteiger partial charge in [-0.1, -0.05) is 13.0 Å². The van der Waals surface area contributed by atoms with E-state index in [0.29, 0.717) is 0 Å². The monoisotopic (exact) mass is 259 g/mol. The average Bonchev–Trinajstić information content (AvgIpc) is 2.82. The van der Waals surface area contributed by atoms with Crippen molar-refractivity contribution in [1.29, 1.82) is 0 Å². The third-order valence-corrected chi connectivity index (χ3v) is 2.97. The fourth-order valence-electron chi connectivity index (χ4n) is 2.07. The first-order valence-electron chi connectivity index (χ1n) is 6.54. The van der Waals surface area contributed by atoms with E-state index < -0.39 is 0 Å². The topological polar surface area (TPSA) is 46.0 Å². The maximum Gasteiger partial charge on any atom is 0.133 e. The number of anilines is 1. The predicted molar refractivity (Wildman–Crippen MR) is 76.9 cm³/mol. The summed E-state index contributed by atoms with van der Waals surface area (Å²) >= 11 is 0. The maximum absolute atomic E-state index is 4.49. The summed E-state index contributed by atoms with van der Waals surface area (Å²) in [6.07, 6.45) is 5.76. The largest absolute Gasteiger partial charge is 0.355 e. The third kappa shape index (κ3) is 3.54. The Morgan fingerprint density at radius 2 is 2.26 bits per heavy atom. The van der Waals surface area contributed by atoms with Crippen molar-refractivity contribution in [2.45, 2.75) is 20.0 Å². The fraction of sp³-hybridized carbons (Fsp3) is 0.429. The maximum atomic E-state index is 4.49. The summed E-state index contributed by atoms with van der Waals surface area (Å²) in [5, 5.41) is 7.54. The van der Waals surface area contributed by atoms with Crippen molar-refractivity contribution in [2.75, 3.05) is 18.5 Å². The van der Waals surface area contributed by atoms with Gasteiger partial charge in [-0.25, -0.2) is 4.98 Å². The molecule has 1 N–H and O–H groups in total. The van der Waals surface area contributed by atoms with Crippen LogP contribution < -0.4 is 10.2 Å². The van der Waals surface area contributed by atoms with E-state index >= 15 is 0 Å². The van der Waals surface area contributed by atoms with E-state index in [4.69, 9.17) is 0 Å². The highest BCUT2D eigenvalue weighted by molar-refractivity contribution is 5.46. The van der Waals surface area contributed by atoms with E-state index in [9.17, 15) is 0 Å². The zero-order chi connectivity index (χ0) is 13.7. The highest BCUT2D eigenvalue weighted by atomic mass is 15.2. The van der Waals surface area contributed by atoms with Crippen LogP contribution in [0.4, 0.5) is 5.82 Å². The molecule has 2 rings (SSSR count). The van der Waals surface area contributed by atoms with E-state index in [1.807, 2.05) is 36.4 Å². The molecular weight excluding hydrogens is 238 g/mol. The molecule has 0 unspecified atom stereocenters. The highest BCUT2D eigenvalue weighted by Gasteiger charge is 2.09. The van der Waals surface area contributed by atoms with Crippen molar-refractivity contribution in [3.05, 3.63) is 41.9 Å². The predicted octanol–water partition coefficient (Wildman–Crippen LogP) is 1.56. The quantitative estimate of drug-likeness (QED) is 0.855. The van der Waals surface area contributed by atoms with E-state index in [1.165, 1.54) is 11.1 Å². The molecule has 5 heteroatoms. The molecule has 2 aromatic rings. The van der Waals surface area contributed by atoms with E-state index in [-0.39, 0.29) is 0 Å². The lowest BCUT2D eigenvalue weighted by Crippen LogP contribution is -2.21. The van der Waals surface area contributed by atoms with Crippen molar-refractivity contribution in [3.63, 3.8) is 0 Å². The van der Waals surface area contributed by atoms with Gasteiger partial charge in [-0.05, 0) is 12.6 Å². The summed E-state index contributed by atoms with van der Waals surface area (Å²) < 4.78 is 1.82. The van der Waals surface area contributed by atoms with Gasteiger partial charge < -0.3 is 10.2 Å². The molecule has 0 aliphatic rings. The van der Waals surface area contributed by atoms with Crippen LogP contribution in [0.2, 0.25) is 0 Å². The Morgan fingerprint density at radius 3 is 2.95 bits per heavy atom. The standard InChI is InChI=1S/C14H21N5/c1-4-15-9-13-6-5-7-16-14(13)18(2)10-12-8-17-19(3)11-12/h5-8,11,15H,4,9-10H2,1-3H3. The van der Waals surface area contributed by atoms with Crippen LogP contribution in [-0.2, 0) is 20.1 Å². The third-order valence-electron chi connectivity index (χ3n) is 2.97. The zero-order valence-electron chi connectivity index (χ0n) is 11.8. The molecule has 0 fully saturated rings. The fourth-order valence-corrected chi connectivity index (χ4v) is 2.07. The van der Waals surface area contributed by atoms with Crippen LogP contribution in [0.1, 0.15) is 18.1 Å². The van der Waals surface area contributed by atoms with Crippen molar-refractivity contribution >= 4 is 5.82 Å². The first-order chi connectivity index (χ1) is 9.20. The SMILES string of the molecule is CCNCc1cccnc1N(C)Cc1cnn(C)c1. The highest BCUT2D eigenvalue weighted by Crippen LogP contribution is 2.17. The Morgan fingerprint density at radius 1 is 1.42 bits per heavy atom. The van der Waals surface area contributed by atoms with Crippen molar-refractivity contribution in [2.24, 2.45) is 7.05 Å². The second-order valence-electron chi connectivity index (χ2n) is 4.64. The molecular formula is C14H21N5. The molecule has 0 saturated carbocycles. The van der Waals surface area contributed by atoms with Crippen molar-refractivity contribution in [3.8, 4) is 0 Å². The van der Waals surface area contributed by atoms with Crippen LogP contribution in [0.15, 0.2) is 30.7 Å². The summed E-state index contributed by atoms with van der Waals surface area (Å²) in [7, 11) is 3.99. The number of hydrogen-bond donors (Lipinski definition) is 1. The summed E-state index contributed by atoms with van der Waals surface area (Å²) in [6.45, 7) is 4.72. The van der Waals surface area contributed by atoms with Gasteiger partial charge in [-0.15, -0.1) is 0 Å². The van der Waals surface area contributed by atoms with Crippen LogP contribution in [0.5, 0.6) is 0 Å². The number of aryl methyl sites for hydroxylation is 1. The van der Waals surface area contributed by atoms with Gasteiger partial charge in [0.05, 0.1) is 6.20 Å². The minimum absolute atomic E-state index is 0.810. The molecule has 0 aromatic carbocycles. The van der Waals surface area contributed by atoms with Crippen molar-refractivity contribution < 1.29 is 0 Å². The molecule has 102 valence electrons. The van der Waals surface area contributed by atoms with Gasteiger partial charge in [0.1, 0.15) is 5.82 Å². The molecule has 5 nitrogen and oxygen atoms in total.